The van der Waals surface area contributed by atoms with Crippen molar-refractivity contribution in [1.29, 1.82) is 0 Å². The third kappa shape index (κ3) is 1.55. The van der Waals surface area contributed by atoms with Crippen LogP contribution in [0.1, 0.15) is 11.3 Å². The van der Waals surface area contributed by atoms with E-state index in [1.165, 1.54) is 0 Å². The minimum Gasteiger partial charge on any atom is -0.468 e. The highest BCUT2D eigenvalue weighted by molar-refractivity contribution is 7.97. The van der Waals surface area contributed by atoms with Gasteiger partial charge < -0.3 is 10.2 Å². The van der Waals surface area contributed by atoms with E-state index in [1.54, 1.807) is 18.0 Å². The zero-order valence-corrected chi connectivity index (χ0v) is 6.78. The fraction of sp³-hybridized carbons (Fsp3) is 0.429. The topological polar surface area (TPSA) is 39.2 Å². The molecule has 0 saturated carbocycles. The van der Waals surface area contributed by atoms with Crippen LogP contribution in [0.15, 0.2) is 16.7 Å². The van der Waals surface area contributed by atoms with Gasteiger partial charge >= 0.3 is 0 Å². The monoisotopic (exact) mass is 157 g/mol. The van der Waals surface area contributed by atoms with Crippen LogP contribution in [0.2, 0.25) is 0 Å². The first-order valence-corrected chi connectivity index (χ1v) is 4.52. The Hall–Kier alpha value is -0.410. The highest BCUT2D eigenvalue weighted by atomic mass is 32.2. The lowest BCUT2D eigenvalue weighted by Gasteiger charge is -1.94. The van der Waals surface area contributed by atoms with E-state index in [0.717, 1.165) is 17.1 Å². The maximum atomic E-state index is 5.46. The van der Waals surface area contributed by atoms with E-state index in [0.29, 0.717) is 6.54 Å². The molecule has 2 nitrogen and oxygen atoms in total. The standard InChI is InChI=1S/C7H11NOS/c1-10-5-7-6(4-8)2-3-9-7/h2-3H,4-5,8H2,1H3. The molecular formula is C7H11NOS. The molecule has 10 heavy (non-hydrogen) atoms. The molecule has 1 aromatic rings. The first kappa shape index (κ1) is 7.69. The van der Waals surface area contributed by atoms with E-state index in [4.69, 9.17) is 10.2 Å². The SMILES string of the molecule is CSCc1occc1CN. The van der Waals surface area contributed by atoms with Crippen molar-refractivity contribution in [2.75, 3.05) is 6.26 Å². The minimum atomic E-state index is 0.576. The summed E-state index contributed by atoms with van der Waals surface area (Å²) in [6, 6.07) is 1.92. The molecule has 0 aliphatic rings. The molecule has 0 amide bonds. The molecule has 0 aliphatic heterocycles. The summed E-state index contributed by atoms with van der Waals surface area (Å²) >= 11 is 1.74. The molecular weight excluding hydrogens is 146 g/mol. The van der Waals surface area contributed by atoms with Crippen molar-refractivity contribution in [1.82, 2.24) is 0 Å². The van der Waals surface area contributed by atoms with Gasteiger partial charge in [-0.15, -0.1) is 0 Å². The van der Waals surface area contributed by atoms with E-state index < -0.39 is 0 Å². The van der Waals surface area contributed by atoms with E-state index in [-0.39, 0.29) is 0 Å². The van der Waals surface area contributed by atoms with E-state index in [1.807, 2.05) is 12.3 Å². The number of rotatable bonds is 3. The van der Waals surface area contributed by atoms with Crippen LogP contribution in [0.5, 0.6) is 0 Å². The molecule has 1 heterocycles. The number of thioether (sulfide) groups is 1. The second-order valence-electron chi connectivity index (χ2n) is 2.01. The molecule has 0 radical (unpaired) electrons. The highest BCUT2D eigenvalue weighted by Crippen LogP contribution is 2.14. The maximum Gasteiger partial charge on any atom is 0.118 e. The van der Waals surface area contributed by atoms with Gasteiger partial charge in [-0.2, -0.15) is 11.8 Å². The molecule has 0 spiro atoms. The average molecular weight is 157 g/mol. The predicted molar refractivity (Wildman–Crippen MR) is 43.8 cm³/mol. The lowest BCUT2D eigenvalue weighted by Crippen LogP contribution is -1.96. The van der Waals surface area contributed by atoms with Crippen molar-refractivity contribution in [3.05, 3.63) is 23.7 Å². The molecule has 0 aromatic carbocycles. The normalized spacial score (nSPS) is 10.2. The van der Waals surface area contributed by atoms with Crippen LogP contribution < -0.4 is 5.73 Å². The molecule has 56 valence electrons. The summed E-state index contributed by atoms with van der Waals surface area (Å²) in [5.74, 6) is 1.93. The van der Waals surface area contributed by atoms with E-state index in [2.05, 4.69) is 0 Å². The van der Waals surface area contributed by atoms with Crippen LogP contribution in [-0.4, -0.2) is 6.26 Å². The largest absolute Gasteiger partial charge is 0.468 e. The van der Waals surface area contributed by atoms with Crippen molar-refractivity contribution in [2.24, 2.45) is 5.73 Å². The zero-order valence-electron chi connectivity index (χ0n) is 5.96. The van der Waals surface area contributed by atoms with Crippen LogP contribution in [0.3, 0.4) is 0 Å². The van der Waals surface area contributed by atoms with Gasteiger partial charge in [0.25, 0.3) is 0 Å². The van der Waals surface area contributed by atoms with Crippen LogP contribution in [-0.2, 0) is 12.3 Å². The quantitative estimate of drug-likeness (QED) is 0.724. The van der Waals surface area contributed by atoms with Gasteiger partial charge in [0.05, 0.1) is 12.0 Å². The third-order valence-corrected chi connectivity index (χ3v) is 1.88. The lowest BCUT2D eigenvalue weighted by molar-refractivity contribution is 0.526. The molecule has 0 fully saturated rings. The Morgan fingerprint density at radius 1 is 1.70 bits per heavy atom. The summed E-state index contributed by atoms with van der Waals surface area (Å²) in [6.07, 6.45) is 3.73. The highest BCUT2D eigenvalue weighted by Gasteiger charge is 2.01. The summed E-state index contributed by atoms with van der Waals surface area (Å²) in [5, 5.41) is 0. The lowest BCUT2D eigenvalue weighted by atomic mass is 10.3. The summed E-state index contributed by atoms with van der Waals surface area (Å²) in [7, 11) is 0. The van der Waals surface area contributed by atoms with Crippen molar-refractivity contribution >= 4 is 11.8 Å². The molecule has 2 N–H and O–H groups in total. The second kappa shape index (κ2) is 3.68. The second-order valence-corrected chi connectivity index (χ2v) is 2.87. The van der Waals surface area contributed by atoms with Crippen molar-refractivity contribution < 1.29 is 4.42 Å². The van der Waals surface area contributed by atoms with Gasteiger partial charge in [0.2, 0.25) is 0 Å². The molecule has 1 rings (SSSR count). The Morgan fingerprint density at radius 2 is 2.50 bits per heavy atom. The van der Waals surface area contributed by atoms with Crippen LogP contribution in [0.25, 0.3) is 0 Å². The summed E-state index contributed by atoms with van der Waals surface area (Å²) in [5.41, 5.74) is 6.58. The van der Waals surface area contributed by atoms with Crippen LogP contribution in [0, 0.1) is 0 Å². The van der Waals surface area contributed by atoms with Gasteiger partial charge in [-0.1, -0.05) is 0 Å². The molecule has 0 atom stereocenters. The number of nitrogens with two attached hydrogens (primary N) is 1. The predicted octanol–water partition coefficient (Wildman–Crippen LogP) is 1.60. The first-order valence-electron chi connectivity index (χ1n) is 3.12. The third-order valence-electron chi connectivity index (χ3n) is 1.33. The van der Waals surface area contributed by atoms with Crippen molar-refractivity contribution in [3.8, 4) is 0 Å². The Labute approximate surface area is 64.8 Å². The molecule has 0 unspecified atom stereocenters. The first-order chi connectivity index (χ1) is 4.88. The molecule has 0 bridgehead atoms. The molecule has 0 saturated heterocycles. The average Bonchev–Trinajstić information content (AvgIpc) is 2.36. The smallest absolute Gasteiger partial charge is 0.118 e. The molecule has 1 aromatic heterocycles. The van der Waals surface area contributed by atoms with Gasteiger partial charge in [-0.3, -0.25) is 0 Å². The Morgan fingerprint density at radius 3 is 3.10 bits per heavy atom. The maximum absolute atomic E-state index is 5.46. The fourth-order valence-electron chi connectivity index (χ4n) is 0.807. The van der Waals surface area contributed by atoms with E-state index >= 15 is 0 Å². The van der Waals surface area contributed by atoms with Gasteiger partial charge in [0.1, 0.15) is 5.76 Å². The van der Waals surface area contributed by atoms with Gasteiger partial charge in [0, 0.05) is 12.1 Å². The number of hydrogen-bond acceptors (Lipinski definition) is 3. The van der Waals surface area contributed by atoms with Crippen LogP contribution in [0.4, 0.5) is 0 Å². The zero-order chi connectivity index (χ0) is 7.40. The Kier molecular flexibility index (Phi) is 2.83. The van der Waals surface area contributed by atoms with Gasteiger partial charge in [-0.25, -0.2) is 0 Å². The Balaban J connectivity index is 2.70. The van der Waals surface area contributed by atoms with Gasteiger partial charge in [-0.05, 0) is 12.3 Å². The number of hydrogen-bond donors (Lipinski definition) is 1. The Bertz CT molecular complexity index is 197. The van der Waals surface area contributed by atoms with Crippen molar-refractivity contribution in [3.63, 3.8) is 0 Å². The van der Waals surface area contributed by atoms with Crippen molar-refractivity contribution in [2.45, 2.75) is 12.3 Å². The fourth-order valence-corrected chi connectivity index (χ4v) is 1.32. The summed E-state index contributed by atoms with van der Waals surface area (Å²) in [6.45, 7) is 0.576. The van der Waals surface area contributed by atoms with Crippen LogP contribution >= 0.6 is 11.8 Å². The summed E-state index contributed by atoms with van der Waals surface area (Å²) in [4.78, 5) is 0. The summed E-state index contributed by atoms with van der Waals surface area (Å²) < 4.78 is 5.20. The number of furan rings is 1. The molecule has 3 heteroatoms. The van der Waals surface area contributed by atoms with E-state index in [9.17, 15) is 0 Å². The van der Waals surface area contributed by atoms with Gasteiger partial charge in [0.15, 0.2) is 0 Å². The molecule has 0 aliphatic carbocycles. The minimum absolute atomic E-state index is 0.576.